The first-order valence-corrected chi connectivity index (χ1v) is 6.96. The Bertz CT molecular complexity index is 444. The van der Waals surface area contributed by atoms with E-state index in [1.807, 2.05) is 13.8 Å². The fourth-order valence-corrected chi connectivity index (χ4v) is 2.72. The SMILES string of the molecule is CCNC(c1c(F)cc(OC)cc1F)C1OCCC1C. The summed E-state index contributed by atoms with van der Waals surface area (Å²) in [5.41, 5.74) is 0.0337. The number of rotatable bonds is 5. The van der Waals surface area contributed by atoms with Crippen LogP contribution in [0.15, 0.2) is 12.1 Å². The summed E-state index contributed by atoms with van der Waals surface area (Å²) in [6.45, 7) is 5.20. The molecule has 2 rings (SSSR count). The maximum Gasteiger partial charge on any atom is 0.134 e. The van der Waals surface area contributed by atoms with E-state index in [9.17, 15) is 8.78 Å². The molecule has 1 saturated heterocycles. The highest BCUT2D eigenvalue weighted by Gasteiger charge is 2.35. The molecule has 1 aliphatic rings. The minimum atomic E-state index is -0.601. The fraction of sp³-hybridized carbons (Fsp3) is 0.600. The highest BCUT2D eigenvalue weighted by atomic mass is 19.1. The van der Waals surface area contributed by atoms with Crippen molar-refractivity contribution in [3.63, 3.8) is 0 Å². The van der Waals surface area contributed by atoms with Crippen LogP contribution in [0.2, 0.25) is 0 Å². The quantitative estimate of drug-likeness (QED) is 0.902. The van der Waals surface area contributed by atoms with Crippen molar-refractivity contribution in [1.29, 1.82) is 0 Å². The first kappa shape index (κ1) is 15.2. The Morgan fingerprint density at radius 1 is 1.40 bits per heavy atom. The van der Waals surface area contributed by atoms with E-state index in [-0.39, 0.29) is 23.3 Å². The summed E-state index contributed by atoms with van der Waals surface area (Å²) in [4.78, 5) is 0. The number of hydrogen-bond acceptors (Lipinski definition) is 3. The van der Waals surface area contributed by atoms with E-state index in [2.05, 4.69) is 5.32 Å². The number of benzene rings is 1. The molecule has 1 heterocycles. The summed E-state index contributed by atoms with van der Waals surface area (Å²) < 4.78 is 39.0. The summed E-state index contributed by atoms with van der Waals surface area (Å²) in [6.07, 6.45) is 0.693. The van der Waals surface area contributed by atoms with Crippen LogP contribution in [0.4, 0.5) is 8.78 Å². The van der Waals surface area contributed by atoms with Crippen molar-refractivity contribution in [2.24, 2.45) is 5.92 Å². The third kappa shape index (κ3) is 2.94. The van der Waals surface area contributed by atoms with Crippen molar-refractivity contribution in [2.75, 3.05) is 20.3 Å². The lowest BCUT2D eigenvalue weighted by molar-refractivity contribution is 0.0588. The largest absolute Gasteiger partial charge is 0.497 e. The van der Waals surface area contributed by atoms with Crippen LogP contribution < -0.4 is 10.1 Å². The second kappa shape index (κ2) is 6.50. The van der Waals surface area contributed by atoms with Crippen molar-refractivity contribution in [3.05, 3.63) is 29.3 Å². The molecule has 0 aliphatic carbocycles. The molecule has 1 N–H and O–H groups in total. The van der Waals surface area contributed by atoms with Crippen LogP contribution >= 0.6 is 0 Å². The lowest BCUT2D eigenvalue weighted by Crippen LogP contribution is -2.36. The van der Waals surface area contributed by atoms with Gasteiger partial charge in [-0.3, -0.25) is 0 Å². The van der Waals surface area contributed by atoms with Crippen LogP contribution in [0.3, 0.4) is 0 Å². The molecule has 20 heavy (non-hydrogen) atoms. The molecule has 1 aromatic rings. The first-order chi connectivity index (χ1) is 9.58. The van der Waals surface area contributed by atoms with E-state index in [0.29, 0.717) is 13.2 Å². The van der Waals surface area contributed by atoms with Crippen molar-refractivity contribution in [1.82, 2.24) is 5.32 Å². The van der Waals surface area contributed by atoms with Gasteiger partial charge in [0.15, 0.2) is 0 Å². The summed E-state index contributed by atoms with van der Waals surface area (Å²) in [5, 5.41) is 3.14. The third-order valence-corrected chi connectivity index (χ3v) is 3.80. The lowest BCUT2D eigenvalue weighted by Gasteiger charge is -2.28. The van der Waals surface area contributed by atoms with Crippen LogP contribution in [-0.4, -0.2) is 26.4 Å². The van der Waals surface area contributed by atoms with Gasteiger partial charge in [0, 0.05) is 24.3 Å². The Hall–Kier alpha value is -1.20. The molecule has 112 valence electrons. The van der Waals surface area contributed by atoms with E-state index in [0.717, 1.165) is 6.42 Å². The van der Waals surface area contributed by atoms with E-state index in [1.165, 1.54) is 19.2 Å². The van der Waals surface area contributed by atoms with Gasteiger partial charge in [0.25, 0.3) is 0 Å². The molecule has 3 atom stereocenters. The molecule has 0 bridgehead atoms. The normalized spacial score (nSPS) is 23.9. The molecule has 3 unspecified atom stereocenters. The second-order valence-corrected chi connectivity index (χ2v) is 5.14. The molecule has 5 heteroatoms. The number of likely N-dealkylation sites (N-methyl/N-ethyl adjacent to an activating group) is 1. The van der Waals surface area contributed by atoms with Gasteiger partial charge < -0.3 is 14.8 Å². The molecule has 0 saturated carbocycles. The monoisotopic (exact) mass is 285 g/mol. The standard InChI is InChI=1S/C15H21F2NO2/c1-4-18-14(15-9(2)5-6-20-15)13-11(16)7-10(19-3)8-12(13)17/h7-9,14-15,18H,4-6H2,1-3H3. The molecule has 0 spiro atoms. The Labute approximate surface area is 118 Å². The zero-order chi connectivity index (χ0) is 14.7. The Balaban J connectivity index is 2.38. The first-order valence-electron chi connectivity index (χ1n) is 6.96. The van der Waals surface area contributed by atoms with E-state index < -0.39 is 17.7 Å². The van der Waals surface area contributed by atoms with Crippen LogP contribution in [-0.2, 0) is 4.74 Å². The summed E-state index contributed by atoms with van der Waals surface area (Å²) in [6, 6.07) is 1.94. The van der Waals surface area contributed by atoms with Gasteiger partial charge in [-0.05, 0) is 18.9 Å². The zero-order valence-corrected chi connectivity index (χ0v) is 12.1. The predicted molar refractivity (Wildman–Crippen MR) is 72.8 cm³/mol. The minimum Gasteiger partial charge on any atom is -0.497 e. The zero-order valence-electron chi connectivity index (χ0n) is 12.1. The van der Waals surface area contributed by atoms with Gasteiger partial charge in [-0.15, -0.1) is 0 Å². The number of nitrogens with one attached hydrogen (secondary N) is 1. The van der Waals surface area contributed by atoms with Gasteiger partial charge in [0.2, 0.25) is 0 Å². The Kier molecular flexibility index (Phi) is 4.94. The van der Waals surface area contributed by atoms with Crippen LogP contribution in [0.25, 0.3) is 0 Å². The highest BCUT2D eigenvalue weighted by molar-refractivity contribution is 5.33. The van der Waals surface area contributed by atoms with Crippen LogP contribution in [0, 0.1) is 17.6 Å². The lowest BCUT2D eigenvalue weighted by atomic mass is 9.91. The molecule has 1 aromatic carbocycles. The van der Waals surface area contributed by atoms with E-state index in [4.69, 9.17) is 9.47 Å². The highest BCUT2D eigenvalue weighted by Crippen LogP contribution is 2.35. The molecular weight excluding hydrogens is 264 g/mol. The van der Waals surface area contributed by atoms with Gasteiger partial charge in [-0.1, -0.05) is 13.8 Å². The van der Waals surface area contributed by atoms with Crippen molar-refractivity contribution >= 4 is 0 Å². The number of hydrogen-bond donors (Lipinski definition) is 1. The Morgan fingerprint density at radius 3 is 2.50 bits per heavy atom. The molecule has 1 aliphatic heterocycles. The summed E-state index contributed by atoms with van der Waals surface area (Å²) in [5.74, 6) is -0.759. The van der Waals surface area contributed by atoms with Gasteiger partial charge >= 0.3 is 0 Å². The smallest absolute Gasteiger partial charge is 0.134 e. The average Bonchev–Trinajstić information content (AvgIpc) is 2.82. The van der Waals surface area contributed by atoms with Crippen LogP contribution in [0.5, 0.6) is 5.75 Å². The molecule has 3 nitrogen and oxygen atoms in total. The van der Waals surface area contributed by atoms with Gasteiger partial charge in [0.1, 0.15) is 17.4 Å². The number of halogens is 2. The van der Waals surface area contributed by atoms with Crippen LogP contribution in [0.1, 0.15) is 31.9 Å². The van der Waals surface area contributed by atoms with Gasteiger partial charge in [0.05, 0.1) is 19.3 Å². The van der Waals surface area contributed by atoms with E-state index >= 15 is 0 Å². The van der Waals surface area contributed by atoms with E-state index in [1.54, 1.807) is 0 Å². The number of ether oxygens (including phenoxy) is 2. The Morgan fingerprint density at radius 2 is 2.05 bits per heavy atom. The second-order valence-electron chi connectivity index (χ2n) is 5.14. The van der Waals surface area contributed by atoms with Crippen molar-refractivity contribution in [3.8, 4) is 5.75 Å². The van der Waals surface area contributed by atoms with Gasteiger partial charge in [-0.2, -0.15) is 0 Å². The summed E-state index contributed by atoms with van der Waals surface area (Å²) in [7, 11) is 1.39. The maximum absolute atomic E-state index is 14.2. The van der Waals surface area contributed by atoms with Crippen molar-refractivity contribution < 1.29 is 18.3 Å². The molecule has 1 fully saturated rings. The molecular formula is C15H21F2NO2. The predicted octanol–water partition coefficient (Wildman–Crippen LogP) is 3.05. The number of methoxy groups -OCH3 is 1. The van der Waals surface area contributed by atoms with Crippen molar-refractivity contribution in [2.45, 2.75) is 32.4 Å². The maximum atomic E-state index is 14.2. The topological polar surface area (TPSA) is 30.5 Å². The summed E-state index contributed by atoms with van der Waals surface area (Å²) >= 11 is 0. The minimum absolute atomic E-state index is 0.0337. The molecule has 0 radical (unpaired) electrons. The van der Waals surface area contributed by atoms with Gasteiger partial charge in [-0.25, -0.2) is 8.78 Å². The molecule has 0 aromatic heterocycles. The third-order valence-electron chi connectivity index (χ3n) is 3.80. The average molecular weight is 285 g/mol. The molecule has 0 amide bonds. The fourth-order valence-electron chi connectivity index (χ4n) is 2.72.